The average Bonchev–Trinajstić information content (AvgIpc) is 2.69. The van der Waals surface area contributed by atoms with Crippen LogP contribution in [0, 0.1) is 0 Å². The molecule has 4 heteroatoms. The Morgan fingerprint density at radius 2 is 1.75 bits per heavy atom. The lowest BCUT2D eigenvalue weighted by Gasteiger charge is -2.16. The Kier molecular flexibility index (Phi) is 3.29. The van der Waals surface area contributed by atoms with Gasteiger partial charge in [-0.05, 0) is 46.3 Å². The number of rotatable bonds is 1. The van der Waals surface area contributed by atoms with Crippen molar-refractivity contribution in [2.45, 2.75) is 37.8 Å². The van der Waals surface area contributed by atoms with Crippen molar-refractivity contribution in [3.8, 4) is 0 Å². The van der Waals surface area contributed by atoms with Crippen LogP contribution in [0.1, 0.15) is 42.7 Å². The van der Waals surface area contributed by atoms with Crippen molar-refractivity contribution < 1.29 is 13.2 Å². The molecule has 88 valence electrons. The average molecular weight is 293 g/mol. The van der Waals surface area contributed by atoms with Crippen LogP contribution in [0.15, 0.2) is 22.7 Å². The quantitative estimate of drug-likeness (QED) is 0.673. The van der Waals surface area contributed by atoms with Crippen molar-refractivity contribution in [2.24, 2.45) is 0 Å². The predicted octanol–water partition coefficient (Wildman–Crippen LogP) is 5.13. The number of benzene rings is 1. The number of hydrogen-bond donors (Lipinski definition) is 0. The SMILES string of the molecule is FC(F)(F)c1cccc(C2CCCC2)c1Br. The van der Waals surface area contributed by atoms with Crippen LogP contribution >= 0.6 is 15.9 Å². The summed E-state index contributed by atoms with van der Waals surface area (Å²) in [5.41, 5.74) is 0.254. The molecular formula is C12H12BrF3. The molecular weight excluding hydrogens is 281 g/mol. The molecule has 0 heterocycles. The maximum absolute atomic E-state index is 12.7. The molecule has 0 spiro atoms. The Morgan fingerprint density at radius 1 is 1.12 bits per heavy atom. The summed E-state index contributed by atoms with van der Waals surface area (Å²) in [5, 5.41) is 0. The summed E-state index contributed by atoms with van der Waals surface area (Å²) in [7, 11) is 0. The fourth-order valence-corrected chi connectivity index (χ4v) is 3.13. The first-order valence-corrected chi connectivity index (χ1v) is 6.15. The van der Waals surface area contributed by atoms with Crippen LogP contribution < -0.4 is 0 Å². The van der Waals surface area contributed by atoms with Crippen LogP contribution in [0.5, 0.6) is 0 Å². The zero-order chi connectivity index (χ0) is 11.8. The molecule has 1 fully saturated rings. The zero-order valence-corrected chi connectivity index (χ0v) is 10.2. The van der Waals surface area contributed by atoms with Crippen LogP contribution in [-0.2, 0) is 6.18 Å². The summed E-state index contributed by atoms with van der Waals surface area (Å²) in [4.78, 5) is 0. The molecule has 0 N–H and O–H groups in total. The van der Waals surface area contributed by atoms with E-state index in [2.05, 4.69) is 15.9 Å². The molecule has 0 aliphatic heterocycles. The fourth-order valence-electron chi connectivity index (χ4n) is 2.32. The van der Waals surface area contributed by atoms with E-state index in [1.807, 2.05) is 0 Å². The maximum Gasteiger partial charge on any atom is 0.417 e. The van der Waals surface area contributed by atoms with Gasteiger partial charge in [0.05, 0.1) is 5.56 Å². The van der Waals surface area contributed by atoms with E-state index in [0.29, 0.717) is 0 Å². The summed E-state index contributed by atoms with van der Waals surface area (Å²) in [6.07, 6.45) is -0.0338. The van der Waals surface area contributed by atoms with Gasteiger partial charge in [-0.25, -0.2) is 0 Å². The summed E-state index contributed by atoms with van der Waals surface area (Å²) in [5.74, 6) is 0.289. The molecule has 0 bridgehead atoms. The second kappa shape index (κ2) is 4.40. The summed E-state index contributed by atoms with van der Waals surface area (Å²) in [6, 6.07) is 4.43. The van der Waals surface area contributed by atoms with Crippen LogP contribution in [-0.4, -0.2) is 0 Å². The van der Waals surface area contributed by atoms with E-state index in [9.17, 15) is 13.2 Å². The first kappa shape index (κ1) is 12.0. The second-order valence-corrected chi connectivity index (χ2v) is 4.98. The first-order valence-electron chi connectivity index (χ1n) is 5.36. The van der Waals surface area contributed by atoms with E-state index in [1.165, 1.54) is 6.07 Å². The molecule has 0 radical (unpaired) electrons. The lowest BCUT2D eigenvalue weighted by Crippen LogP contribution is -2.08. The predicted molar refractivity (Wildman–Crippen MR) is 60.4 cm³/mol. The largest absolute Gasteiger partial charge is 0.417 e. The highest BCUT2D eigenvalue weighted by Crippen LogP contribution is 2.42. The minimum atomic E-state index is -4.27. The van der Waals surface area contributed by atoms with E-state index in [1.54, 1.807) is 6.07 Å². The standard InChI is InChI=1S/C12H12BrF3/c13-11-9(8-4-1-2-5-8)6-3-7-10(11)12(14,15)16/h3,6-8H,1-2,4-5H2. The zero-order valence-electron chi connectivity index (χ0n) is 8.65. The van der Waals surface area contributed by atoms with Gasteiger partial charge in [0.2, 0.25) is 0 Å². The highest BCUT2D eigenvalue weighted by molar-refractivity contribution is 9.10. The Morgan fingerprint density at radius 3 is 2.31 bits per heavy atom. The molecule has 1 aliphatic rings. The van der Waals surface area contributed by atoms with Crippen LogP contribution in [0.25, 0.3) is 0 Å². The van der Waals surface area contributed by atoms with Gasteiger partial charge in [0, 0.05) is 4.47 Å². The molecule has 16 heavy (non-hydrogen) atoms. The van der Waals surface area contributed by atoms with Gasteiger partial charge in [-0.15, -0.1) is 0 Å². The Balaban J connectivity index is 2.40. The molecule has 0 unspecified atom stereocenters. The lowest BCUT2D eigenvalue weighted by molar-refractivity contribution is -0.138. The third-order valence-electron chi connectivity index (χ3n) is 3.13. The molecule has 2 rings (SSSR count). The third-order valence-corrected chi connectivity index (χ3v) is 4.01. The topological polar surface area (TPSA) is 0 Å². The van der Waals surface area contributed by atoms with Gasteiger partial charge >= 0.3 is 6.18 Å². The van der Waals surface area contributed by atoms with Crippen molar-refractivity contribution in [2.75, 3.05) is 0 Å². The second-order valence-electron chi connectivity index (χ2n) is 4.19. The van der Waals surface area contributed by atoms with Crippen molar-refractivity contribution in [1.82, 2.24) is 0 Å². The minimum Gasteiger partial charge on any atom is -0.166 e. The van der Waals surface area contributed by atoms with Gasteiger partial charge in [-0.3, -0.25) is 0 Å². The maximum atomic E-state index is 12.7. The number of alkyl halides is 3. The van der Waals surface area contributed by atoms with Crippen molar-refractivity contribution in [3.05, 3.63) is 33.8 Å². The van der Waals surface area contributed by atoms with E-state index in [0.717, 1.165) is 37.3 Å². The monoisotopic (exact) mass is 292 g/mol. The van der Waals surface area contributed by atoms with E-state index >= 15 is 0 Å². The smallest absolute Gasteiger partial charge is 0.166 e. The van der Waals surface area contributed by atoms with Gasteiger partial charge < -0.3 is 0 Å². The van der Waals surface area contributed by atoms with Gasteiger partial charge in [0.1, 0.15) is 0 Å². The first-order chi connectivity index (χ1) is 7.50. The van der Waals surface area contributed by atoms with E-state index in [-0.39, 0.29) is 10.4 Å². The highest BCUT2D eigenvalue weighted by Gasteiger charge is 2.34. The summed E-state index contributed by atoms with van der Waals surface area (Å²) >= 11 is 3.11. The molecule has 1 aromatic carbocycles. The van der Waals surface area contributed by atoms with E-state index in [4.69, 9.17) is 0 Å². The van der Waals surface area contributed by atoms with Crippen LogP contribution in [0.3, 0.4) is 0 Å². The van der Waals surface area contributed by atoms with Gasteiger partial charge in [0.25, 0.3) is 0 Å². The Bertz CT molecular complexity index is 378. The van der Waals surface area contributed by atoms with Crippen LogP contribution in [0.4, 0.5) is 13.2 Å². The van der Waals surface area contributed by atoms with E-state index < -0.39 is 11.7 Å². The Labute approximate surface area is 101 Å². The molecule has 1 saturated carbocycles. The lowest BCUT2D eigenvalue weighted by atomic mass is 9.96. The molecule has 0 atom stereocenters. The molecule has 0 saturated heterocycles. The highest BCUT2D eigenvalue weighted by atomic mass is 79.9. The fraction of sp³-hybridized carbons (Fsp3) is 0.500. The van der Waals surface area contributed by atoms with Gasteiger partial charge in [-0.2, -0.15) is 13.2 Å². The Hall–Kier alpha value is -0.510. The normalized spacial score (nSPS) is 18.0. The van der Waals surface area contributed by atoms with Crippen LogP contribution in [0.2, 0.25) is 0 Å². The molecule has 0 nitrogen and oxygen atoms in total. The van der Waals surface area contributed by atoms with Gasteiger partial charge in [0.15, 0.2) is 0 Å². The van der Waals surface area contributed by atoms with Crippen molar-refractivity contribution >= 4 is 15.9 Å². The van der Waals surface area contributed by atoms with Crippen molar-refractivity contribution in [1.29, 1.82) is 0 Å². The molecule has 0 amide bonds. The molecule has 1 aromatic rings. The minimum absolute atomic E-state index is 0.231. The van der Waals surface area contributed by atoms with Gasteiger partial charge in [-0.1, -0.05) is 25.0 Å². The number of halogens is 4. The summed E-state index contributed by atoms with van der Waals surface area (Å²) in [6.45, 7) is 0. The van der Waals surface area contributed by atoms with Crippen molar-refractivity contribution in [3.63, 3.8) is 0 Å². The third kappa shape index (κ3) is 2.26. The molecule has 0 aromatic heterocycles. The molecule has 1 aliphatic carbocycles. The number of hydrogen-bond acceptors (Lipinski definition) is 0. The summed E-state index contributed by atoms with van der Waals surface area (Å²) < 4.78 is 38.3.